The summed E-state index contributed by atoms with van der Waals surface area (Å²) >= 11 is 0. The summed E-state index contributed by atoms with van der Waals surface area (Å²) in [7, 11) is 0.293. The molecule has 28 heavy (non-hydrogen) atoms. The van der Waals surface area contributed by atoms with Crippen LogP contribution in [0.1, 0.15) is 39.5 Å². The molecular weight excluding hydrogens is 360 g/mol. The predicted molar refractivity (Wildman–Crippen MR) is 119 cm³/mol. The highest BCUT2D eigenvalue weighted by atomic mass is 28.4. The molecule has 0 radical (unpaired) electrons. The van der Waals surface area contributed by atoms with Crippen LogP contribution in [-0.2, 0) is 17.4 Å². The molecule has 1 unspecified atom stereocenters. The van der Waals surface area contributed by atoms with Gasteiger partial charge in [-0.25, -0.2) is 0 Å². The number of nitrogens with zero attached hydrogens (tertiary/aromatic N) is 2. The Labute approximate surface area is 171 Å². The first-order valence-electron chi connectivity index (χ1n) is 10.1. The molecule has 0 N–H and O–H groups in total. The van der Waals surface area contributed by atoms with Crippen LogP contribution in [0.2, 0.25) is 19.6 Å². The van der Waals surface area contributed by atoms with E-state index in [4.69, 9.17) is 4.43 Å². The second-order valence-electron chi connectivity index (χ2n) is 9.09. The van der Waals surface area contributed by atoms with E-state index < -0.39 is 14.4 Å². The fourth-order valence-corrected chi connectivity index (χ4v) is 5.16. The highest BCUT2D eigenvalue weighted by Gasteiger charge is 2.30. The fraction of sp³-hybridized carbons (Fsp3) is 0.458. The van der Waals surface area contributed by atoms with Crippen molar-refractivity contribution in [3.8, 4) is 17.2 Å². The summed E-state index contributed by atoms with van der Waals surface area (Å²) in [4.78, 5) is 2.37. The SMILES string of the molecule is Cc1ccc(-c2c(C)c3c(c(C)c2C(C#N)O[Si](C)(C)C)CN(C)CC3)cc1. The Morgan fingerprint density at radius 1 is 1.04 bits per heavy atom. The molecule has 1 heterocycles. The third kappa shape index (κ3) is 4.07. The van der Waals surface area contributed by atoms with Gasteiger partial charge in [0, 0.05) is 18.7 Å². The lowest BCUT2D eigenvalue weighted by Crippen LogP contribution is -2.31. The van der Waals surface area contributed by atoms with Gasteiger partial charge in [0.15, 0.2) is 14.4 Å². The Bertz CT molecular complexity index is 920. The quantitative estimate of drug-likeness (QED) is 0.628. The average molecular weight is 393 g/mol. The van der Waals surface area contributed by atoms with Gasteiger partial charge >= 0.3 is 0 Å². The third-order valence-corrected chi connectivity index (χ3v) is 6.62. The molecule has 2 aromatic carbocycles. The maximum absolute atomic E-state index is 10.1. The number of hydrogen-bond acceptors (Lipinski definition) is 3. The second-order valence-corrected chi connectivity index (χ2v) is 13.5. The molecule has 2 aromatic rings. The van der Waals surface area contributed by atoms with Gasteiger partial charge in [-0.1, -0.05) is 29.8 Å². The first-order valence-corrected chi connectivity index (χ1v) is 13.5. The molecule has 148 valence electrons. The number of benzene rings is 2. The molecule has 0 spiro atoms. The molecule has 0 amide bonds. The smallest absolute Gasteiger partial charge is 0.186 e. The van der Waals surface area contributed by atoms with Gasteiger partial charge in [-0.15, -0.1) is 0 Å². The molecule has 1 aliphatic rings. The third-order valence-electron chi connectivity index (χ3n) is 5.68. The fourth-order valence-electron chi connectivity index (χ4n) is 4.28. The van der Waals surface area contributed by atoms with Gasteiger partial charge in [-0.05, 0) is 87.3 Å². The summed E-state index contributed by atoms with van der Waals surface area (Å²) in [5, 5.41) is 10.1. The lowest BCUT2D eigenvalue weighted by Gasteiger charge is -2.33. The van der Waals surface area contributed by atoms with Gasteiger partial charge in [0.2, 0.25) is 0 Å². The Hall–Kier alpha value is -1.93. The zero-order chi connectivity index (χ0) is 20.6. The van der Waals surface area contributed by atoms with E-state index in [-0.39, 0.29) is 0 Å². The summed E-state index contributed by atoms with van der Waals surface area (Å²) in [6.45, 7) is 15.0. The summed E-state index contributed by atoms with van der Waals surface area (Å²) in [5.74, 6) is 0. The minimum absolute atomic E-state index is 0.529. The van der Waals surface area contributed by atoms with Crippen LogP contribution in [-0.4, -0.2) is 26.8 Å². The van der Waals surface area contributed by atoms with Crippen molar-refractivity contribution in [2.24, 2.45) is 0 Å². The van der Waals surface area contributed by atoms with Crippen molar-refractivity contribution < 1.29 is 4.43 Å². The Morgan fingerprint density at radius 3 is 2.25 bits per heavy atom. The molecule has 0 bridgehead atoms. The summed E-state index contributed by atoms with van der Waals surface area (Å²) in [6.07, 6.45) is 0.531. The average Bonchev–Trinajstić information content (AvgIpc) is 2.63. The van der Waals surface area contributed by atoms with Crippen LogP contribution in [0, 0.1) is 32.1 Å². The van der Waals surface area contributed by atoms with E-state index in [0.717, 1.165) is 25.1 Å². The van der Waals surface area contributed by atoms with Crippen molar-refractivity contribution in [1.82, 2.24) is 4.90 Å². The van der Waals surface area contributed by atoms with Crippen LogP contribution in [0.25, 0.3) is 11.1 Å². The highest BCUT2D eigenvalue weighted by molar-refractivity contribution is 6.69. The van der Waals surface area contributed by atoms with E-state index in [1.807, 2.05) is 0 Å². The zero-order valence-corrected chi connectivity index (χ0v) is 19.3. The van der Waals surface area contributed by atoms with E-state index in [9.17, 15) is 5.26 Å². The first kappa shape index (κ1) is 20.8. The van der Waals surface area contributed by atoms with Gasteiger partial charge in [-0.3, -0.25) is 0 Å². The molecule has 4 heteroatoms. The first-order chi connectivity index (χ1) is 13.1. The molecule has 0 aromatic heterocycles. The van der Waals surface area contributed by atoms with Crippen molar-refractivity contribution >= 4 is 8.32 Å². The molecule has 0 aliphatic carbocycles. The van der Waals surface area contributed by atoms with E-state index in [1.54, 1.807) is 0 Å². The Morgan fingerprint density at radius 2 is 1.68 bits per heavy atom. The van der Waals surface area contributed by atoms with Crippen LogP contribution in [0.5, 0.6) is 0 Å². The van der Waals surface area contributed by atoms with Crippen LogP contribution in [0.4, 0.5) is 0 Å². The Kier molecular flexibility index (Phi) is 5.81. The number of likely N-dealkylation sites (N-methyl/N-ethyl adjacent to an activating group) is 1. The molecular formula is C24H32N2OSi. The predicted octanol–water partition coefficient (Wildman–Crippen LogP) is 5.68. The number of nitriles is 1. The molecule has 3 nitrogen and oxygen atoms in total. The minimum atomic E-state index is -1.88. The molecule has 0 fully saturated rings. The van der Waals surface area contributed by atoms with Crippen molar-refractivity contribution in [3.05, 3.63) is 57.6 Å². The molecule has 1 atom stereocenters. The summed E-state index contributed by atoms with van der Waals surface area (Å²) < 4.78 is 6.38. The van der Waals surface area contributed by atoms with E-state index >= 15 is 0 Å². The summed E-state index contributed by atoms with van der Waals surface area (Å²) in [5.41, 5.74) is 10.1. The highest BCUT2D eigenvalue weighted by Crippen LogP contribution is 2.41. The monoisotopic (exact) mass is 392 g/mol. The van der Waals surface area contributed by atoms with Crippen molar-refractivity contribution in [1.29, 1.82) is 5.26 Å². The topological polar surface area (TPSA) is 36.3 Å². The molecule has 3 rings (SSSR count). The minimum Gasteiger partial charge on any atom is -0.399 e. The van der Waals surface area contributed by atoms with Gasteiger partial charge in [-0.2, -0.15) is 5.26 Å². The lowest BCUT2D eigenvalue weighted by atomic mass is 9.80. The molecule has 0 saturated heterocycles. The number of rotatable bonds is 4. The lowest BCUT2D eigenvalue weighted by molar-refractivity contribution is 0.253. The molecule has 1 aliphatic heterocycles. The van der Waals surface area contributed by atoms with Crippen LogP contribution in [0.3, 0.4) is 0 Å². The van der Waals surface area contributed by atoms with Crippen LogP contribution in [0.15, 0.2) is 24.3 Å². The number of hydrogen-bond donors (Lipinski definition) is 0. The van der Waals surface area contributed by atoms with Crippen LogP contribution < -0.4 is 0 Å². The van der Waals surface area contributed by atoms with E-state index in [2.05, 4.69) is 82.7 Å². The van der Waals surface area contributed by atoms with Crippen molar-refractivity contribution in [2.75, 3.05) is 13.6 Å². The number of aryl methyl sites for hydroxylation is 1. The molecule has 0 saturated carbocycles. The van der Waals surface area contributed by atoms with Gasteiger partial charge < -0.3 is 9.33 Å². The zero-order valence-electron chi connectivity index (χ0n) is 18.3. The van der Waals surface area contributed by atoms with Crippen LogP contribution >= 0.6 is 0 Å². The number of fused-ring (bicyclic) bond motifs is 1. The van der Waals surface area contributed by atoms with Gasteiger partial charge in [0.25, 0.3) is 0 Å². The van der Waals surface area contributed by atoms with E-state index in [1.165, 1.54) is 38.9 Å². The van der Waals surface area contributed by atoms with Crippen molar-refractivity contribution in [3.63, 3.8) is 0 Å². The standard InChI is InChI=1S/C24H32N2OSi/c1-16-8-10-19(11-9-16)23-17(2)20-12-13-26(4)15-21(20)18(3)24(23)22(14-25)27-28(5,6)7/h8-11,22H,12-13,15H2,1-7H3. The van der Waals surface area contributed by atoms with Gasteiger partial charge in [0.1, 0.15) is 0 Å². The summed E-state index contributed by atoms with van der Waals surface area (Å²) in [6, 6.07) is 11.2. The maximum atomic E-state index is 10.1. The van der Waals surface area contributed by atoms with Gasteiger partial charge in [0.05, 0.1) is 6.07 Å². The maximum Gasteiger partial charge on any atom is 0.186 e. The van der Waals surface area contributed by atoms with Crippen molar-refractivity contribution in [2.45, 2.75) is 59.5 Å². The normalized spacial score (nSPS) is 15.8. The second kappa shape index (κ2) is 7.83. The largest absolute Gasteiger partial charge is 0.399 e. The van der Waals surface area contributed by atoms with E-state index in [0.29, 0.717) is 0 Å². The Balaban J connectivity index is 2.31.